The molecule has 8 nitrogen and oxygen atoms in total. The SMILES string of the molecule is COc1ccc(C(=O)C(=O)c2c(OC)ccc3c2c(O)c(-c2ccc(OC)cc2)n3-c2ccc(OC)cc2)cc1. The van der Waals surface area contributed by atoms with Crippen LogP contribution < -0.4 is 18.9 Å². The molecule has 0 aliphatic carbocycles. The maximum absolute atomic E-state index is 13.8. The average Bonchev–Trinajstić information content (AvgIpc) is 3.31. The molecule has 4 aromatic carbocycles. The molecule has 0 amide bonds. The van der Waals surface area contributed by atoms with E-state index in [2.05, 4.69) is 0 Å². The van der Waals surface area contributed by atoms with Gasteiger partial charge in [0.05, 0.1) is 50.6 Å². The number of hydrogen-bond acceptors (Lipinski definition) is 7. The van der Waals surface area contributed by atoms with Crippen molar-refractivity contribution in [2.75, 3.05) is 28.4 Å². The predicted octanol–water partition coefficient (Wildman–Crippen LogP) is 6.10. The lowest BCUT2D eigenvalue weighted by molar-refractivity contribution is 0.0816. The first kappa shape index (κ1) is 26.4. The molecule has 0 aliphatic heterocycles. The van der Waals surface area contributed by atoms with Gasteiger partial charge in [-0.25, -0.2) is 0 Å². The first-order valence-electron chi connectivity index (χ1n) is 12.4. The average molecular weight is 538 g/mol. The first-order valence-corrected chi connectivity index (χ1v) is 12.4. The number of nitrogens with zero attached hydrogens (tertiary/aromatic N) is 1. The fourth-order valence-electron chi connectivity index (χ4n) is 4.74. The van der Waals surface area contributed by atoms with E-state index in [0.717, 1.165) is 0 Å². The summed E-state index contributed by atoms with van der Waals surface area (Å²) in [6.07, 6.45) is 0. The molecule has 202 valence electrons. The number of rotatable bonds is 9. The van der Waals surface area contributed by atoms with Gasteiger partial charge in [-0.1, -0.05) is 0 Å². The van der Waals surface area contributed by atoms with Crippen LogP contribution in [0.15, 0.2) is 84.9 Å². The van der Waals surface area contributed by atoms with E-state index in [0.29, 0.717) is 39.7 Å². The Balaban J connectivity index is 1.78. The summed E-state index contributed by atoms with van der Waals surface area (Å²) in [6, 6.07) is 24.1. The van der Waals surface area contributed by atoms with Gasteiger partial charge in [0.2, 0.25) is 11.6 Å². The topological polar surface area (TPSA) is 96.2 Å². The second-order valence-electron chi connectivity index (χ2n) is 8.88. The zero-order valence-electron chi connectivity index (χ0n) is 22.4. The normalized spacial score (nSPS) is 10.8. The Bertz CT molecular complexity index is 1700. The van der Waals surface area contributed by atoms with E-state index in [1.807, 2.05) is 28.8 Å². The zero-order valence-corrected chi connectivity index (χ0v) is 22.4. The van der Waals surface area contributed by atoms with Crippen LogP contribution in [0.5, 0.6) is 28.7 Å². The lowest BCUT2D eigenvalue weighted by atomic mass is 9.97. The van der Waals surface area contributed by atoms with Crippen molar-refractivity contribution in [1.29, 1.82) is 0 Å². The Morgan fingerprint density at radius 3 is 1.68 bits per heavy atom. The molecule has 1 aromatic heterocycles. The molecule has 5 aromatic rings. The highest BCUT2D eigenvalue weighted by atomic mass is 16.5. The van der Waals surface area contributed by atoms with Crippen LogP contribution in [0.4, 0.5) is 0 Å². The molecule has 0 spiro atoms. The smallest absolute Gasteiger partial charge is 0.238 e. The van der Waals surface area contributed by atoms with E-state index in [9.17, 15) is 14.7 Å². The van der Waals surface area contributed by atoms with Gasteiger partial charge in [0.25, 0.3) is 0 Å². The largest absolute Gasteiger partial charge is 0.505 e. The fourth-order valence-corrected chi connectivity index (χ4v) is 4.74. The van der Waals surface area contributed by atoms with Gasteiger partial charge in [-0.05, 0) is 84.9 Å². The van der Waals surface area contributed by atoms with Gasteiger partial charge in [-0.3, -0.25) is 9.59 Å². The molecular formula is C32H27NO7. The van der Waals surface area contributed by atoms with Crippen LogP contribution in [0.1, 0.15) is 20.7 Å². The second kappa shape index (κ2) is 10.9. The number of aromatic nitrogens is 1. The van der Waals surface area contributed by atoms with Crippen molar-refractivity contribution < 1.29 is 33.6 Å². The standard InChI is InChI=1S/C32H27NO7/c1-37-22-11-5-19(6-12-22)29-31(35)27-25(33(29)21-9-15-24(39-3)16-10-21)17-18-26(40-4)28(27)32(36)30(34)20-7-13-23(38-2)14-8-20/h5-18,35H,1-4H3. The van der Waals surface area contributed by atoms with E-state index in [1.165, 1.54) is 26.4 Å². The number of aromatic hydroxyl groups is 1. The Labute approximate surface area is 230 Å². The fraction of sp³-hybridized carbons (Fsp3) is 0.125. The van der Waals surface area contributed by atoms with Gasteiger partial charge in [-0.2, -0.15) is 0 Å². The van der Waals surface area contributed by atoms with E-state index in [4.69, 9.17) is 18.9 Å². The van der Waals surface area contributed by atoms with Gasteiger partial charge in [0, 0.05) is 16.8 Å². The predicted molar refractivity (Wildman–Crippen MR) is 152 cm³/mol. The van der Waals surface area contributed by atoms with Crippen LogP contribution in [0.25, 0.3) is 27.8 Å². The lowest BCUT2D eigenvalue weighted by Gasteiger charge is -2.13. The Hall–Kier alpha value is -5.24. The molecule has 0 unspecified atom stereocenters. The molecule has 0 saturated heterocycles. The van der Waals surface area contributed by atoms with Crippen molar-refractivity contribution in [2.45, 2.75) is 0 Å². The van der Waals surface area contributed by atoms with Crippen molar-refractivity contribution in [2.24, 2.45) is 0 Å². The Morgan fingerprint density at radius 2 is 1.15 bits per heavy atom. The van der Waals surface area contributed by atoms with E-state index >= 15 is 0 Å². The van der Waals surface area contributed by atoms with Crippen molar-refractivity contribution in [3.8, 4) is 45.7 Å². The van der Waals surface area contributed by atoms with Crippen LogP contribution in [-0.4, -0.2) is 49.7 Å². The quantitative estimate of drug-likeness (QED) is 0.179. The highest BCUT2D eigenvalue weighted by Crippen LogP contribution is 2.45. The summed E-state index contributed by atoms with van der Waals surface area (Å²) in [5, 5.41) is 12.0. The van der Waals surface area contributed by atoms with Crippen LogP contribution >= 0.6 is 0 Å². The summed E-state index contributed by atoms with van der Waals surface area (Å²) in [7, 11) is 6.09. The third-order valence-corrected chi connectivity index (χ3v) is 6.77. The summed E-state index contributed by atoms with van der Waals surface area (Å²) in [6.45, 7) is 0. The van der Waals surface area contributed by atoms with E-state index in [1.54, 1.807) is 62.8 Å². The number of Topliss-reactive ketones (excluding diaryl/α,β-unsaturated/α-hetero) is 2. The third-order valence-electron chi connectivity index (χ3n) is 6.77. The van der Waals surface area contributed by atoms with Crippen molar-refractivity contribution >= 4 is 22.5 Å². The summed E-state index contributed by atoms with van der Waals surface area (Å²) in [5.41, 5.74) is 2.49. The number of ether oxygens (including phenoxy) is 4. The van der Waals surface area contributed by atoms with Gasteiger partial charge in [-0.15, -0.1) is 0 Å². The van der Waals surface area contributed by atoms with Crippen molar-refractivity contribution in [3.63, 3.8) is 0 Å². The number of benzene rings is 4. The number of ketones is 2. The van der Waals surface area contributed by atoms with Gasteiger partial charge < -0.3 is 28.6 Å². The Morgan fingerprint density at radius 1 is 0.625 bits per heavy atom. The summed E-state index contributed by atoms with van der Waals surface area (Å²) in [4.78, 5) is 27.2. The lowest BCUT2D eigenvalue weighted by Crippen LogP contribution is -2.16. The maximum atomic E-state index is 13.8. The van der Waals surface area contributed by atoms with Gasteiger partial charge in [0.15, 0.2) is 0 Å². The molecule has 0 bridgehead atoms. The Kier molecular flexibility index (Phi) is 7.16. The molecule has 8 heteroatoms. The number of fused-ring (bicyclic) bond motifs is 1. The summed E-state index contributed by atoms with van der Waals surface area (Å²) < 4.78 is 23.2. The van der Waals surface area contributed by atoms with Crippen molar-refractivity contribution in [1.82, 2.24) is 4.57 Å². The number of carbonyl (C=O) groups is 2. The second-order valence-corrected chi connectivity index (χ2v) is 8.88. The molecule has 0 radical (unpaired) electrons. The highest BCUT2D eigenvalue weighted by Gasteiger charge is 2.30. The van der Waals surface area contributed by atoms with Crippen molar-refractivity contribution in [3.05, 3.63) is 96.1 Å². The number of methoxy groups -OCH3 is 4. The molecule has 0 saturated carbocycles. The highest BCUT2D eigenvalue weighted by molar-refractivity contribution is 6.51. The maximum Gasteiger partial charge on any atom is 0.238 e. The monoisotopic (exact) mass is 537 g/mol. The first-order chi connectivity index (χ1) is 19.4. The van der Waals surface area contributed by atoms with Crippen LogP contribution in [0.3, 0.4) is 0 Å². The molecule has 0 fully saturated rings. The summed E-state index contributed by atoms with van der Waals surface area (Å²) >= 11 is 0. The van der Waals surface area contributed by atoms with Gasteiger partial charge >= 0.3 is 0 Å². The molecular weight excluding hydrogens is 510 g/mol. The van der Waals surface area contributed by atoms with E-state index < -0.39 is 11.6 Å². The molecule has 0 aliphatic rings. The molecule has 1 heterocycles. The molecule has 0 atom stereocenters. The minimum absolute atomic E-state index is 0.0275. The molecule has 5 rings (SSSR count). The van der Waals surface area contributed by atoms with Crippen LogP contribution in [0.2, 0.25) is 0 Å². The van der Waals surface area contributed by atoms with Crippen LogP contribution in [-0.2, 0) is 0 Å². The minimum Gasteiger partial charge on any atom is -0.505 e. The zero-order chi connectivity index (χ0) is 28.4. The molecule has 40 heavy (non-hydrogen) atoms. The number of hydrogen-bond donors (Lipinski definition) is 1. The van der Waals surface area contributed by atoms with Crippen LogP contribution in [0, 0.1) is 0 Å². The van der Waals surface area contributed by atoms with Gasteiger partial charge in [0.1, 0.15) is 28.7 Å². The van der Waals surface area contributed by atoms with E-state index in [-0.39, 0.29) is 28.0 Å². The number of carbonyl (C=O) groups excluding carboxylic acids is 2. The molecule has 1 N–H and O–H groups in total. The third kappa shape index (κ3) is 4.49. The minimum atomic E-state index is -0.809. The summed E-state index contributed by atoms with van der Waals surface area (Å²) in [5.74, 6) is 0.328.